The first kappa shape index (κ1) is 16.9. The summed E-state index contributed by atoms with van der Waals surface area (Å²) in [7, 11) is 0.305. The zero-order valence-electron chi connectivity index (χ0n) is 10.9. The Labute approximate surface area is 103 Å². The highest BCUT2D eigenvalue weighted by molar-refractivity contribution is 6.67. The molecule has 0 spiro atoms. The normalized spacial score (nSPS) is 13.1. The molecule has 0 aromatic rings. The Balaban J connectivity index is 4.15. The fourth-order valence-corrected chi connectivity index (χ4v) is 4.46. The van der Waals surface area contributed by atoms with Crippen LogP contribution >= 0.6 is 0 Å². The summed E-state index contributed by atoms with van der Waals surface area (Å²) in [6, 6.07) is 0.645. The maximum atomic E-state index is 12.2. The van der Waals surface area contributed by atoms with E-state index in [1.54, 1.807) is 0 Å². The molecule has 0 heterocycles. The number of hydrogen-bond donors (Lipinski definition) is 0. The highest BCUT2D eigenvalue weighted by Crippen LogP contribution is 2.30. The summed E-state index contributed by atoms with van der Waals surface area (Å²) in [6.45, 7) is 2.10. The average molecular weight is 272 g/mol. The van der Waals surface area contributed by atoms with Gasteiger partial charge in [-0.2, -0.15) is 13.2 Å². The van der Waals surface area contributed by atoms with Gasteiger partial charge in [-0.05, 0) is 12.1 Å². The molecule has 0 aliphatic heterocycles. The summed E-state index contributed by atoms with van der Waals surface area (Å²) in [6.07, 6.45) is -0.800. The Bertz CT molecular complexity index is 194. The second kappa shape index (κ2) is 8.10. The molecular formula is C11H23F3O2Si. The van der Waals surface area contributed by atoms with Gasteiger partial charge in [-0.3, -0.25) is 0 Å². The third-order valence-corrected chi connectivity index (χ3v) is 6.56. The van der Waals surface area contributed by atoms with Gasteiger partial charge in [-0.25, -0.2) is 0 Å². The van der Waals surface area contributed by atoms with Crippen molar-refractivity contribution in [3.8, 4) is 0 Å². The van der Waals surface area contributed by atoms with Gasteiger partial charge in [0.25, 0.3) is 0 Å². The van der Waals surface area contributed by atoms with E-state index < -0.39 is 21.2 Å². The van der Waals surface area contributed by atoms with Crippen LogP contribution in [-0.4, -0.2) is 29.0 Å². The minimum Gasteiger partial charge on any atom is -0.398 e. The molecule has 6 heteroatoms. The lowest BCUT2D eigenvalue weighted by molar-refractivity contribution is -0.131. The smallest absolute Gasteiger partial charge is 0.389 e. The number of hydrogen-bond acceptors (Lipinski definition) is 2. The molecule has 0 aliphatic rings. The van der Waals surface area contributed by atoms with Crippen molar-refractivity contribution in [3.63, 3.8) is 0 Å². The van der Waals surface area contributed by atoms with Crippen LogP contribution in [0.2, 0.25) is 12.1 Å². The van der Waals surface area contributed by atoms with E-state index in [-0.39, 0.29) is 6.04 Å². The number of rotatable bonds is 9. The Hall–Kier alpha value is -0.0731. The van der Waals surface area contributed by atoms with E-state index in [9.17, 15) is 13.2 Å². The van der Waals surface area contributed by atoms with E-state index >= 15 is 0 Å². The molecule has 0 bridgehead atoms. The van der Waals surface area contributed by atoms with Crippen molar-refractivity contribution in [2.75, 3.05) is 14.2 Å². The summed E-state index contributed by atoms with van der Waals surface area (Å²) < 4.78 is 47.2. The summed E-state index contributed by atoms with van der Waals surface area (Å²) in [5.41, 5.74) is 0. The molecule has 0 rings (SSSR count). The van der Waals surface area contributed by atoms with E-state index in [1.807, 2.05) is 0 Å². The zero-order valence-corrected chi connectivity index (χ0v) is 11.9. The quantitative estimate of drug-likeness (QED) is 0.461. The standard InChI is InChI=1S/C11H23F3O2Si/c1-4-5-6-7-9-17(15-2,16-3)10-8-11(12,13)14/h4-10H2,1-3H3. The molecule has 0 N–H and O–H groups in total. The van der Waals surface area contributed by atoms with Crippen LogP contribution in [0.25, 0.3) is 0 Å². The lowest BCUT2D eigenvalue weighted by Crippen LogP contribution is -2.40. The predicted molar refractivity (Wildman–Crippen MR) is 64.2 cm³/mol. The van der Waals surface area contributed by atoms with Crippen molar-refractivity contribution in [2.45, 2.75) is 57.3 Å². The van der Waals surface area contributed by atoms with Gasteiger partial charge in [0, 0.05) is 20.6 Å². The molecule has 0 saturated heterocycles. The van der Waals surface area contributed by atoms with Crippen LogP contribution in [0.15, 0.2) is 0 Å². The van der Waals surface area contributed by atoms with Crippen LogP contribution in [0, 0.1) is 0 Å². The van der Waals surface area contributed by atoms with Crippen LogP contribution in [0.3, 0.4) is 0 Å². The molecule has 0 atom stereocenters. The SMILES string of the molecule is CCCCCC[Si](CCC(F)(F)F)(OC)OC. The van der Waals surface area contributed by atoms with Crippen LogP contribution in [-0.2, 0) is 8.85 Å². The average Bonchev–Trinajstić information content (AvgIpc) is 2.28. The molecule has 0 fully saturated rings. The molecule has 0 aromatic heterocycles. The molecular weight excluding hydrogens is 249 g/mol. The van der Waals surface area contributed by atoms with E-state index in [4.69, 9.17) is 8.85 Å². The minimum absolute atomic E-state index is 0.00434. The van der Waals surface area contributed by atoms with Gasteiger partial charge in [0.1, 0.15) is 0 Å². The van der Waals surface area contributed by atoms with Gasteiger partial charge >= 0.3 is 14.7 Å². The fourth-order valence-electron chi connectivity index (χ4n) is 1.77. The highest BCUT2D eigenvalue weighted by Gasteiger charge is 2.39. The second-order valence-corrected chi connectivity index (χ2v) is 7.88. The van der Waals surface area contributed by atoms with Crippen molar-refractivity contribution < 1.29 is 22.0 Å². The van der Waals surface area contributed by atoms with E-state index in [2.05, 4.69) is 6.92 Å². The Morgan fingerprint density at radius 3 is 1.94 bits per heavy atom. The van der Waals surface area contributed by atoms with Gasteiger partial charge in [0.15, 0.2) is 0 Å². The van der Waals surface area contributed by atoms with E-state index in [1.165, 1.54) is 14.2 Å². The summed E-state index contributed by atoms with van der Waals surface area (Å²) in [5, 5.41) is 0. The topological polar surface area (TPSA) is 18.5 Å². The van der Waals surface area contributed by atoms with Gasteiger partial charge in [0.05, 0.1) is 0 Å². The van der Waals surface area contributed by atoms with Gasteiger partial charge in [-0.1, -0.05) is 32.6 Å². The molecule has 0 amide bonds. The van der Waals surface area contributed by atoms with E-state index in [0.717, 1.165) is 25.7 Å². The summed E-state index contributed by atoms with van der Waals surface area (Å²) in [5.74, 6) is 0. The first-order valence-electron chi connectivity index (χ1n) is 6.06. The lowest BCUT2D eigenvalue weighted by Gasteiger charge is -2.27. The van der Waals surface area contributed by atoms with Crippen molar-refractivity contribution in [2.24, 2.45) is 0 Å². The molecule has 0 saturated carbocycles. The number of halogens is 3. The molecule has 17 heavy (non-hydrogen) atoms. The third kappa shape index (κ3) is 7.78. The molecule has 0 aliphatic carbocycles. The Morgan fingerprint density at radius 2 is 1.53 bits per heavy atom. The maximum absolute atomic E-state index is 12.2. The monoisotopic (exact) mass is 272 g/mol. The molecule has 2 nitrogen and oxygen atoms in total. The Kier molecular flexibility index (Phi) is 8.07. The van der Waals surface area contributed by atoms with E-state index in [0.29, 0.717) is 6.04 Å². The van der Waals surface area contributed by atoms with Gasteiger partial charge < -0.3 is 8.85 Å². The van der Waals surface area contributed by atoms with Crippen molar-refractivity contribution in [3.05, 3.63) is 0 Å². The minimum atomic E-state index is -4.13. The van der Waals surface area contributed by atoms with Gasteiger partial charge in [0.2, 0.25) is 0 Å². The lowest BCUT2D eigenvalue weighted by atomic mass is 10.2. The maximum Gasteiger partial charge on any atom is 0.389 e. The van der Waals surface area contributed by atoms with Crippen LogP contribution < -0.4 is 0 Å². The summed E-state index contributed by atoms with van der Waals surface area (Å²) in [4.78, 5) is 0. The number of unbranched alkanes of at least 4 members (excludes halogenated alkanes) is 3. The van der Waals surface area contributed by atoms with Crippen LogP contribution in [0.1, 0.15) is 39.0 Å². The third-order valence-electron chi connectivity index (χ3n) is 2.94. The molecule has 0 unspecified atom stereocenters. The van der Waals surface area contributed by atoms with Crippen molar-refractivity contribution in [1.82, 2.24) is 0 Å². The molecule has 104 valence electrons. The first-order chi connectivity index (χ1) is 7.89. The Morgan fingerprint density at radius 1 is 0.941 bits per heavy atom. The van der Waals surface area contributed by atoms with Crippen LogP contribution in [0.5, 0.6) is 0 Å². The van der Waals surface area contributed by atoms with Crippen molar-refractivity contribution >= 4 is 8.56 Å². The molecule has 0 radical (unpaired) electrons. The highest BCUT2D eigenvalue weighted by atomic mass is 28.4. The predicted octanol–water partition coefficient (Wildman–Crippen LogP) is 4.25. The van der Waals surface area contributed by atoms with Crippen molar-refractivity contribution in [1.29, 1.82) is 0 Å². The second-order valence-electron chi connectivity index (χ2n) is 4.24. The first-order valence-corrected chi connectivity index (χ1v) is 8.29. The largest absolute Gasteiger partial charge is 0.398 e. The van der Waals surface area contributed by atoms with Gasteiger partial charge in [-0.15, -0.1) is 0 Å². The summed E-state index contributed by atoms with van der Waals surface area (Å²) >= 11 is 0. The zero-order chi connectivity index (χ0) is 13.4. The van der Waals surface area contributed by atoms with Crippen LogP contribution in [0.4, 0.5) is 13.2 Å². The number of alkyl halides is 3. The molecule has 0 aromatic carbocycles. The fraction of sp³-hybridized carbons (Fsp3) is 1.00.